The average Bonchev–Trinajstić information content (AvgIpc) is 2.72. The molecule has 0 unspecified atom stereocenters. The Morgan fingerprint density at radius 2 is 2.05 bits per heavy atom. The van der Waals surface area contributed by atoms with E-state index in [1.54, 1.807) is 11.9 Å². The van der Waals surface area contributed by atoms with Crippen molar-refractivity contribution in [3.05, 3.63) is 11.4 Å². The zero-order chi connectivity index (χ0) is 14.6. The van der Waals surface area contributed by atoms with Crippen molar-refractivity contribution in [2.45, 2.75) is 46.2 Å². The molecule has 0 saturated heterocycles. The summed E-state index contributed by atoms with van der Waals surface area (Å²) in [7, 11) is 1.71. The van der Waals surface area contributed by atoms with E-state index in [9.17, 15) is 9.59 Å². The molecule has 1 rings (SSSR count). The highest BCUT2D eigenvalue weighted by Crippen LogP contribution is 2.09. The first-order valence-corrected chi connectivity index (χ1v) is 6.29. The van der Waals surface area contributed by atoms with Gasteiger partial charge in [-0.25, -0.2) is 9.48 Å². The third-order valence-electron chi connectivity index (χ3n) is 2.98. The molecule has 7 heteroatoms. The zero-order valence-corrected chi connectivity index (χ0v) is 11.8. The standard InChI is InChI=1S/C12H20N4O3/c1-5-6-9-11(12(18)19)13-14-16(9)7-10(17)15(4)8(2)3/h8H,5-7H2,1-4H3,(H,18,19). The van der Waals surface area contributed by atoms with Crippen LogP contribution in [0.3, 0.4) is 0 Å². The van der Waals surface area contributed by atoms with Crippen molar-refractivity contribution in [3.8, 4) is 0 Å². The maximum Gasteiger partial charge on any atom is 0.358 e. The second kappa shape index (κ2) is 6.31. The molecule has 0 aliphatic rings. The van der Waals surface area contributed by atoms with Gasteiger partial charge in [0.15, 0.2) is 5.69 Å². The number of hydrogen-bond acceptors (Lipinski definition) is 4. The summed E-state index contributed by atoms with van der Waals surface area (Å²) in [4.78, 5) is 24.6. The number of carboxylic acid groups (broad SMARTS) is 1. The zero-order valence-electron chi connectivity index (χ0n) is 11.8. The molecule has 7 nitrogen and oxygen atoms in total. The maximum absolute atomic E-state index is 12.0. The van der Waals surface area contributed by atoms with E-state index in [-0.39, 0.29) is 24.2 Å². The predicted molar refractivity (Wildman–Crippen MR) is 68.9 cm³/mol. The lowest BCUT2D eigenvalue weighted by molar-refractivity contribution is -0.132. The summed E-state index contributed by atoms with van der Waals surface area (Å²) < 4.78 is 1.38. The van der Waals surface area contributed by atoms with E-state index < -0.39 is 5.97 Å². The average molecular weight is 268 g/mol. The van der Waals surface area contributed by atoms with Crippen LogP contribution >= 0.6 is 0 Å². The second-order valence-electron chi connectivity index (χ2n) is 4.70. The molecule has 19 heavy (non-hydrogen) atoms. The largest absolute Gasteiger partial charge is 0.476 e. The van der Waals surface area contributed by atoms with Gasteiger partial charge in [-0.05, 0) is 20.3 Å². The molecule has 1 N–H and O–H groups in total. The molecule has 106 valence electrons. The predicted octanol–water partition coefficient (Wildman–Crippen LogP) is 0.796. The van der Waals surface area contributed by atoms with E-state index >= 15 is 0 Å². The van der Waals surface area contributed by atoms with Crippen molar-refractivity contribution in [3.63, 3.8) is 0 Å². The van der Waals surface area contributed by atoms with Crippen molar-refractivity contribution < 1.29 is 14.7 Å². The van der Waals surface area contributed by atoms with Crippen molar-refractivity contribution in [1.82, 2.24) is 19.9 Å². The van der Waals surface area contributed by atoms with Crippen LogP contribution in [0, 0.1) is 0 Å². The summed E-state index contributed by atoms with van der Waals surface area (Å²) >= 11 is 0. The van der Waals surface area contributed by atoms with Crippen LogP contribution in [0.25, 0.3) is 0 Å². The summed E-state index contributed by atoms with van der Waals surface area (Å²) in [6.07, 6.45) is 1.30. The highest BCUT2D eigenvalue weighted by Gasteiger charge is 2.21. The Labute approximate surface area is 112 Å². The molecule has 0 aliphatic heterocycles. The number of likely N-dealkylation sites (N-methyl/N-ethyl adjacent to an activating group) is 1. The molecule has 0 bridgehead atoms. The molecule has 0 spiro atoms. The van der Waals surface area contributed by atoms with Crippen LogP contribution in [0.4, 0.5) is 0 Å². The monoisotopic (exact) mass is 268 g/mol. The topological polar surface area (TPSA) is 88.3 Å². The molecular weight excluding hydrogens is 248 g/mol. The van der Waals surface area contributed by atoms with Gasteiger partial charge in [-0.1, -0.05) is 18.6 Å². The number of carbonyl (C=O) groups excluding carboxylic acids is 1. The number of rotatable bonds is 6. The van der Waals surface area contributed by atoms with Crippen LogP contribution in [0.5, 0.6) is 0 Å². The lowest BCUT2D eigenvalue weighted by Gasteiger charge is -2.21. The lowest BCUT2D eigenvalue weighted by atomic mass is 10.2. The molecule has 1 aromatic rings. The van der Waals surface area contributed by atoms with Crippen LogP contribution in [-0.4, -0.2) is 50.0 Å². The Balaban J connectivity index is 2.95. The number of aromatic nitrogens is 3. The first-order valence-electron chi connectivity index (χ1n) is 6.29. The van der Waals surface area contributed by atoms with E-state index in [0.717, 1.165) is 6.42 Å². The Morgan fingerprint density at radius 3 is 2.53 bits per heavy atom. The van der Waals surface area contributed by atoms with Crippen LogP contribution in [-0.2, 0) is 17.8 Å². The quantitative estimate of drug-likeness (QED) is 0.824. The highest BCUT2D eigenvalue weighted by molar-refractivity contribution is 5.86. The molecule has 0 radical (unpaired) electrons. The molecule has 0 aromatic carbocycles. The highest BCUT2D eigenvalue weighted by atomic mass is 16.4. The van der Waals surface area contributed by atoms with Gasteiger partial charge in [-0.15, -0.1) is 5.10 Å². The van der Waals surface area contributed by atoms with Gasteiger partial charge in [0.05, 0.1) is 5.69 Å². The molecule has 0 aliphatic carbocycles. The number of aromatic carboxylic acids is 1. The van der Waals surface area contributed by atoms with E-state index in [4.69, 9.17) is 5.11 Å². The third kappa shape index (κ3) is 3.52. The van der Waals surface area contributed by atoms with E-state index in [0.29, 0.717) is 12.1 Å². The molecule has 0 saturated carbocycles. The van der Waals surface area contributed by atoms with Gasteiger partial charge in [0.1, 0.15) is 6.54 Å². The van der Waals surface area contributed by atoms with Gasteiger partial charge in [0, 0.05) is 13.1 Å². The molecular formula is C12H20N4O3. The summed E-state index contributed by atoms with van der Waals surface area (Å²) in [5, 5.41) is 16.4. The van der Waals surface area contributed by atoms with Crippen LogP contribution in [0.2, 0.25) is 0 Å². The number of hydrogen-bond donors (Lipinski definition) is 1. The van der Waals surface area contributed by atoms with E-state index in [1.165, 1.54) is 4.68 Å². The van der Waals surface area contributed by atoms with Crippen LogP contribution in [0.15, 0.2) is 0 Å². The van der Waals surface area contributed by atoms with Gasteiger partial charge in [-0.3, -0.25) is 4.79 Å². The fourth-order valence-electron chi connectivity index (χ4n) is 1.64. The summed E-state index contributed by atoms with van der Waals surface area (Å²) in [6, 6.07) is 0.0876. The van der Waals surface area contributed by atoms with Crippen LogP contribution < -0.4 is 0 Å². The van der Waals surface area contributed by atoms with Crippen molar-refractivity contribution in [1.29, 1.82) is 0 Å². The van der Waals surface area contributed by atoms with Gasteiger partial charge in [-0.2, -0.15) is 0 Å². The van der Waals surface area contributed by atoms with Gasteiger partial charge in [0.2, 0.25) is 5.91 Å². The second-order valence-corrected chi connectivity index (χ2v) is 4.70. The van der Waals surface area contributed by atoms with Crippen molar-refractivity contribution in [2.75, 3.05) is 7.05 Å². The first-order chi connectivity index (χ1) is 8.88. The minimum atomic E-state index is -1.11. The third-order valence-corrected chi connectivity index (χ3v) is 2.98. The Bertz CT molecular complexity index is 468. The number of carbonyl (C=O) groups is 2. The Morgan fingerprint density at radius 1 is 1.42 bits per heavy atom. The smallest absolute Gasteiger partial charge is 0.358 e. The first kappa shape index (κ1) is 15.1. The Kier molecular flexibility index (Phi) is 5.02. The summed E-state index contributed by atoms with van der Waals surface area (Å²) in [5.41, 5.74) is 0.433. The van der Waals surface area contributed by atoms with Gasteiger partial charge < -0.3 is 10.0 Å². The summed E-state index contributed by atoms with van der Waals surface area (Å²) in [6.45, 7) is 5.78. The van der Waals surface area contributed by atoms with Crippen molar-refractivity contribution in [2.24, 2.45) is 0 Å². The van der Waals surface area contributed by atoms with Crippen LogP contribution in [0.1, 0.15) is 43.4 Å². The molecule has 0 fully saturated rings. The minimum absolute atomic E-state index is 0.0181. The summed E-state index contributed by atoms with van der Waals surface area (Å²) in [5.74, 6) is -1.23. The van der Waals surface area contributed by atoms with E-state index in [1.807, 2.05) is 20.8 Å². The number of carboxylic acids is 1. The maximum atomic E-state index is 12.0. The van der Waals surface area contributed by atoms with Crippen molar-refractivity contribution >= 4 is 11.9 Å². The number of amides is 1. The van der Waals surface area contributed by atoms with Gasteiger partial charge in [0.25, 0.3) is 0 Å². The molecule has 1 amide bonds. The minimum Gasteiger partial charge on any atom is -0.476 e. The Hall–Kier alpha value is -1.92. The molecule has 1 heterocycles. The SMILES string of the molecule is CCCc1c(C(=O)O)nnn1CC(=O)N(C)C(C)C. The fourth-order valence-corrected chi connectivity index (χ4v) is 1.64. The fraction of sp³-hybridized carbons (Fsp3) is 0.667. The van der Waals surface area contributed by atoms with E-state index in [2.05, 4.69) is 10.3 Å². The number of nitrogens with zero attached hydrogens (tertiary/aromatic N) is 4. The molecule has 0 atom stereocenters. The lowest BCUT2D eigenvalue weighted by Crippen LogP contribution is -2.36. The normalized spacial score (nSPS) is 10.8. The van der Waals surface area contributed by atoms with Gasteiger partial charge >= 0.3 is 5.97 Å². The molecule has 1 aromatic heterocycles.